The van der Waals surface area contributed by atoms with Crippen LogP contribution in [0, 0.1) is 0 Å². The third-order valence-corrected chi connectivity index (χ3v) is 2.89. The van der Waals surface area contributed by atoms with Crippen LogP contribution in [0.25, 0.3) is 0 Å². The first kappa shape index (κ1) is 15.2. The van der Waals surface area contributed by atoms with E-state index < -0.39 is 12.5 Å². The summed E-state index contributed by atoms with van der Waals surface area (Å²) in [5.74, 6) is 0. The minimum absolute atomic E-state index is 0.125. The predicted molar refractivity (Wildman–Crippen MR) is 60.8 cm³/mol. The number of alkyl carbamates (subject to hydrolysis) is 1. The fourth-order valence-electron chi connectivity index (χ4n) is 1.03. The average Bonchev–Trinajstić information content (AvgIpc) is 2.20. The van der Waals surface area contributed by atoms with Gasteiger partial charge in [-0.05, 0) is 17.7 Å². The van der Waals surface area contributed by atoms with Gasteiger partial charge in [-0.1, -0.05) is 34.8 Å². The van der Waals surface area contributed by atoms with E-state index in [9.17, 15) is 18.0 Å². The van der Waals surface area contributed by atoms with Crippen LogP contribution in [-0.4, -0.2) is 12.5 Å². The number of halogens is 6. The lowest BCUT2D eigenvalue weighted by atomic mass is 10.2. The van der Waals surface area contributed by atoms with Gasteiger partial charge in [0.15, 0.2) is 0 Å². The molecule has 1 rings (SSSR count). The van der Waals surface area contributed by atoms with Crippen LogP contribution in [-0.2, 0) is 11.3 Å². The Hall–Kier alpha value is -0.850. The van der Waals surface area contributed by atoms with Crippen LogP contribution in [0.15, 0.2) is 12.1 Å². The number of alkyl halides is 3. The highest BCUT2D eigenvalue weighted by molar-refractivity contribution is 6.48. The summed E-state index contributed by atoms with van der Waals surface area (Å²) in [6.45, 7) is -0.231. The summed E-state index contributed by atoms with van der Waals surface area (Å²) < 4.78 is 38.1. The van der Waals surface area contributed by atoms with E-state index in [2.05, 4.69) is 4.74 Å². The summed E-state index contributed by atoms with van der Waals surface area (Å²) in [7, 11) is 0. The quantitative estimate of drug-likeness (QED) is 0.820. The second-order valence-electron chi connectivity index (χ2n) is 3.06. The molecule has 0 aliphatic carbocycles. The number of nitrogens with one attached hydrogen (secondary N) is 1. The number of hydrogen-bond acceptors (Lipinski definition) is 2. The molecule has 1 aromatic carbocycles. The molecule has 1 N–H and O–H groups in total. The minimum atomic E-state index is -5.03. The van der Waals surface area contributed by atoms with Crippen LogP contribution in [0.1, 0.15) is 5.56 Å². The Labute approximate surface area is 115 Å². The number of hydrogen-bond donors (Lipinski definition) is 1. The maximum Gasteiger partial charge on any atom is 0.576 e. The molecule has 0 spiro atoms. The van der Waals surface area contributed by atoms with Gasteiger partial charge < -0.3 is 10.1 Å². The molecule has 3 nitrogen and oxygen atoms in total. The molecule has 0 radical (unpaired) electrons. The molecule has 0 fully saturated rings. The van der Waals surface area contributed by atoms with E-state index in [1.165, 1.54) is 12.1 Å². The van der Waals surface area contributed by atoms with Crippen LogP contribution < -0.4 is 5.32 Å². The summed E-state index contributed by atoms with van der Waals surface area (Å²) in [5, 5.41) is 2.27. The van der Waals surface area contributed by atoms with E-state index in [1.807, 2.05) is 5.32 Å². The highest BCUT2D eigenvalue weighted by atomic mass is 35.5. The third-order valence-electron chi connectivity index (χ3n) is 1.69. The summed E-state index contributed by atoms with van der Waals surface area (Å²) >= 11 is 17.1. The molecule has 0 saturated heterocycles. The molecule has 0 atom stereocenters. The number of ether oxygens (including phenoxy) is 1. The lowest BCUT2D eigenvalue weighted by Crippen LogP contribution is -2.29. The number of carbonyl (C=O) groups is 1. The van der Waals surface area contributed by atoms with E-state index in [4.69, 9.17) is 34.8 Å². The highest BCUT2D eigenvalue weighted by Crippen LogP contribution is 2.31. The van der Waals surface area contributed by atoms with Gasteiger partial charge in [0, 0.05) is 6.54 Å². The molecular formula is C9H5Cl3F3NO2. The standard InChI is InChI=1S/C9H5Cl3F3NO2/c10-5-1-4(2-6(11)7(5)12)3-16-8(17)18-9(13,14)15/h1-2H,3H2,(H,16,17). The number of carbonyl (C=O) groups excluding carboxylic acids is 1. The Kier molecular flexibility index (Phi) is 4.95. The Morgan fingerprint density at radius 2 is 1.72 bits per heavy atom. The zero-order valence-electron chi connectivity index (χ0n) is 8.45. The second kappa shape index (κ2) is 5.86. The molecule has 100 valence electrons. The largest absolute Gasteiger partial charge is 0.576 e. The second-order valence-corrected chi connectivity index (χ2v) is 4.25. The Bertz CT molecular complexity index is 442. The number of amides is 1. The van der Waals surface area contributed by atoms with E-state index in [1.54, 1.807) is 0 Å². The van der Waals surface area contributed by atoms with Crippen molar-refractivity contribution in [1.29, 1.82) is 0 Å². The van der Waals surface area contributed by atoms with Gasteiger partial charge in [0.2, 0.25) is 0 Å². The van der Waals surface area contributed by atoms with Crippen LogP contribution in [0.5, 0.6) is 0 Å². The molecule has 0 aromatic heterocycles. The molecule has 0 heterocycles. The highest BCUT2D eigenvalue weighted by Gasteiger charge is 2.33. The summed E-state index contributed by atoms with van der Waals surface area (Å²) in [5.41, 5.74) is 0.383. The Morgan fingerprint density at radius 1 is 1.22 bits per heavy atom. The van der Waals surface area contributed by atoms with Crippen LogP contribution >= 0.6 is 34.8 Å². The van der Waals surface area contributed by atoms with Crippen molar-refractivity contribution < 1.29 is 22.7 Å². The molecule has 0 saturated carbocycles. The smallest absolute Gasteiger partial charge is 0.356 e. The van der Waals surface area contributed by atoms with Crippen molar-refractivity contribution in [2.75, 3.05) is 0 Å². The van der Waals surface area contributed by atoms with Gasteiger partial charge in [-0.15, -0.1) is 13.2 Å². The molecule has 9 heteroatoms. The minimum Gasteiger partial charge on any atom is -0.356 e. The molecule has 1 amide bonds. The van der Waals surface area contributed by atoms with Crippen molar-refractivity contribution in [2.45, 2.75) is 12.9 Å². The number of rotatable bonds is 2. The summed E-state index contributed by atoms with van der Waals surface area (Å²) in [6.07, 6.45) is -6.65. The SMILES string of the molecule is O=C(NCc1cc(Cl)c(Cl)c(Cl)c1)OC(F)(F)F. The first-order chi connectivity index (χ1) is 8.19. The van der Waals surface area contributed by atoms with Gasteiger partial charge in [0.25, 0.3) is 0 Å². The van der Waals surface area contributed by atoms with Crippen molar-refractivity contribution >= 4 is 40.9 Å². The maximum atomic E-state index is 11.7. The molecule has 0 unspecified atom stereocenters. The Morgan fingerprint density at radius 3 is 2.17 bits per heavy atom. The zero-order chi connectivity index (χ0) is 13.9. The van der Waals surface area contributed by atoms with Crippen molar-refractivity contribution in [3.05, 3.63) is 32.8 Å². The fraction of sp³-hybridized carbons (Fsp3) is 0.222. The summed E-state index contributed by atoms with van der Waals surface area (Å²) in [6, 6.07) is 2.73. The van der Waals surface area contributed by atoms with Gasteiger partial charge in [-0.3, -0.25) is 0 Å². The third kappa shape index (κ3) is 4.80. The molecule has 18 heavy (non-hydrogen) atoms. The Balaban J connectivity index is 2.62. The molecule has 1 aromatic rings. The van der Waals surface area contributed by atoms with Gasteiger partial charge in [0.1, 0.15) is 0 Å². The van der Waals surface area contributed by atoms with Crippen molar-refractivity contribution in [3.8, 4) is 0 Å². The van der Waals surface area contributed by atoms with E-state index >= 15 is 0 Å². The van der Waals surface area contributed by atoms with Gasteiger partial charge in [-0.2, -0.15) is 0 Å². The first-order valence-corrected chi connectivity index (χ1v) is 5.49. The monoisotopic (exact) mass is 321 g/mol. The van der Waals surface area contributed by atoms with Gasteiger partial charge >= 0.3 is 12.5 Å². The molecule has 0 aliphatic rings. The topological polar surface area (TPSA) is 38.3 Å². The molecule has 0 aliphatic heterocycles. The van der Waals surface area contributed by atoms with Crippen LogP contribution in [0.4, 0.5) is 18.0 Å². The lowest BCUT2D eigenvalue weighted by molar-refractivity contribution is -0.291. The predicted octanol–water partition coefficient (Wildman–Crippen LogP) is 4.39. The van der Waals surface area contributed by atoms with E-state index in [0.29, 0.717) is 5.56 Å². The normalized spacial score (nSPS) is 11.2. The van der Waals surface area contributed by atoms with Crippen LogP contribution in [0.3, 0.4) is 0 Å². The first-order valence-electron chi connectivity index (χ1n) is 4.36. The van der Waals surface area contributed by atoms with E-state index in [-0.39, 0.29) is 21.6 Å². The summed E-state index contributed by atoms with van der Waals surface area (Å²) in [4.78, 5) is 10.7. The van der Waals surface area contributed by atoms with Gasteiger partial charge in [0.05, 0.1) is 15.1 Å². The zero-order valence-corrected chi connectivity index (χ0v) is 10.7. The van der Waals surface area contributed by atoms with Crippen molar-refractivity contribution in [3.63, 3.8) is 0 Å². The van der Waals surface area contributed by atoms with Gasteiger partial charge in [-0.25, -0.2) is 4.79 Å². The fourth-order valence-corrected chi connectivity index (χ4v) is 1.67. The maximum absolute atomic E-state index is 11.7. The van der Waals surface area contributed by atoms with Crippen LogP contribution in [0.2, 0.25) is 15.1 Å². The average molecular weight is 322 g/mol. The lowest BCUT2D eigenvalue weighted by Gasteiger charge is -2.09. The van der Waals surface area contributed by atoms with E-state index in [0.717, 1.165) is 0 Å². The van der Waals surface area contributed by atoms with Crippen molar-refractivity contribution in [2.24, 2.45) is 0 Å². The molecular weight excluding hydrogens is 317 g/mol. The number of benzene rings is 1. The van der Waals surface area contributed by atoms with Crippen molar-refractivity contribution in [1.82, 2.24) is 5.32 Å². The molecule has 0 bridgehead atoms.